The second-order valence-corrected chi connectivity index (χ2v) is 6.62. The van der Waals surface area contributed by atoms with Gasteiger partial charge in [0.25, 0.3) is 0 Å². The first-order valence-electron chi connectivity index (χ1n) is 8.42. The molecule has 3 nitrogen and oxygen atoms in total. The standard InChI is InChI=1S/C19H26N2O/c1-14-4-3-5-15(2)17(14)7-6-16-9-12-21(13-10-16)19(22)18-8-11-20-18/h3-7,16,18,20H,8-13H2,1-2H3/b7-6+/t18-/m0/s1. The molecular formula is C19H26N2O. The molecule has 0 saturated carbocycles. The molecule has 2 heterocycles. The molecule has 0 aromatic heterocycles. The topological polar surface area (TPSA) is 32.3 Å². The van der Waals surface area contributed by atoms with E-state index < -0.39 is 0 Å². The van der Waals surface area contributed by atoms with Crippen LogP contribution in [-0.4, -0.2) is 36.5 Å². The molecular weight excluding hydrogens is 272 g/mol. The number of nitrogens with zero attached hydrogens (tertiary/aromatic N) is 1. The molecule has 118 valence electrons. The van der Waals surface area contributed by atoms with Crippen molar-refractivity contribution in [2.75, 3.05) is 19.6 Å². The number of hydrogen-bond donors (Lipinski definition) is 1. The molecule has 2 aliphatic heterocycles. The maximum absolute atomic E-state index is 12.2. The second kappa shape index (κ2) is 6.66. The number of hydrogen-bond acceptors (Lipinski definition) is 2. The molecule has 2 aliphatic rings. The van der Waals surface area contributed by atoms with E-state index in [1.807, 2.05) is 4.90 Å². The molecule has 1 amide bonds. The molecule has 1 N–H and O–H groups in total. The average Bonchev–Trinajstić information content (AvgIpc) is 2.45. The average molecular weight is 298 g/mol. The van der Waals surface area contributed by atoms with Gasteiger partial charge in [0.05, 0.1) is 6.04 Å². The molecule has 0 unspecified atom stereocenters. The third kappa shape index (κ3) is 3.25. The Balaban J connectivity index is 1.55. The molecule has 3 rings (SSSR count). The summed E-state index contributed by atoms with van der Waals surface area (Å²) in [5, 5.41) is 3.21. The van der Waals surface area contributed by atoms with Gasteiger partial charge in [0, 0.05) is 13.1 Å². The number of likely N-dealkylation sites (tertiary alicyclic amines) is 1. The number of aryl methyl sites for hydroxylation is 2. The normalized spacial score (nSPS) is 22.8. The second-order valence-electron chi connectivity index (χ2n) is 6.62. The highest BCUT2D eigenvalue weighted by Gasteiger charge is 2.30. The largest absolute Gasteiger partial charge is 0.341 e. The van der Waals surface area contributed by atoms with Crippen LogP contribution in [0.15, 0.2) is 24.3 Å². The zero-order valence-corrected chi connectivity index (χ0v) is 13.6. The predicted molar refractivity (Wildman–Crippen MR) is 90.7 cm³/mol. The molecule has 0 radical (unpaired) electrons. The van der Waals surface area contributed by atoms with E-state index in [2.05, 4.69) is 49.5 Å². The van der Waals surface area contributed by atoms with Crippen molar-refractivity contribution in [3.63, 3.8) is 0 Å². The predicted octanol–water partition coefficient (Wildman–Crippen LogP) is 2.92. The smallest absolute Gasteiger partial charge is 0.239 e. The van der Waals surface area contributed by atoms with Gasteiger partial charge in [-0.3, -0.25) is 4.79 Å². The van der Waals surface area contributed by atoms with Crippen LogP contribution in [0.4, 0.5) is 0 Å². The highest BCUT2D eigenvalue weighted by atomic mass is 16.2. The number of piperidine rings is 1. The lowest BCUT2D eigenvalue weighted by molar-refractivity contribution is -0.136. The van der Waals surface area contributed by atoms with E-state index in [1.54, 1.807) is 0 Å². The summed E-state index contributed by atoms with van der Waals surface area (Å²) < 4.78 is 0. The lowest BCUT2D eigenvalue weighted by Crippen LogP contribution is -2.55. The summed E-state index contributed by atoms with van der Waals surface area (Å²) in [6, 6.07) is 6.54. The summed E-state index contributed by atoms with van der Waals surface area (Å²) in [7, 11) is 0. The summed E-state index contributed by atoms with van der Waals surface area (Å²) >= 11 is 0. The van der Waals surface area contributed by atoms with E-state index in [0.29, 0.717) is 11.8 Å². The van der Waals surface area contributed by atoms with Crippen LogP contribution in [0.3, 0.4) is 0 Å². The summed E-state index contributed by atoms with van der Waals surface area (Å²) in [5.74, 6) is 0.904. The minimum absolute atomic E-state index is 0.0988. The van der Waals surface area contributed by atoms with Gasteiger partial charge >= 0.3 is 0 Å². The molecule has 1 aromatic carbocycles. The van der Waals surface area contributed by atoms with Crippen molar-refractivity contribution in [3.05, 3.63) is 41.0 Å². The van der Waals surface area contributed by atoms with Crippen molar-refractivity contribution in [3.8, 4) is 0 Å². The van der Waals surface area contributed by atoms with E-state index in [-0.39, 0.29) is 6.04 Å². The Hall–Kier alpha value is -1.61. The number of allylic oxidation sites excluding steroid dienone is 1. The summed E-state index contributed by atoms with van der Waals surface area (Å²) in [6.45, 7) is 7.13. The molecule has 0 spiro atoms. The van der Waals surface area contributed by atoms with Crippen molar-refractivity contribution in [1.29, 1.82) is 0 Å². The highest BCUT2D eigenvalue weighted by Crippen LogP contribution is 2.23. The Bertz CT molecular complexity index is 547. The Kier molecular flexibility index (Phi) is 4.63. The maximum Gasteiger partial charge on any atom is 0.239 e. The van der Waals surface area contributed by atoms with Crippen LogP contribution in [-0.2, 0) is 4.79 Å². The van der Waals surface area contributed by atoms with Gasteiger partial charge < -0.3 is 10.2 Å². The van der Waals surface area contributed by atoms with Crippen LogP contribution in [0.25, 0.3) is 6.08 Å². The molecule has 2 fully saturated rings. The lowest BCUT2D eigenvalue weighted by atomic mass is 9.93. The van der Waals surface area contributed by atoms with Gasteiger partial charge in [0.1, 0.15) is 0 Å². The van der Waals surface area contributed by atoms with E-state index >= 15 is 0 Å². The van der Waals surface area contributed by atoms with Gasteiger partial charge in [-0.2, -0.15) is 0 Å². The Morgan fingerprint density at radius 3 is 2.36 bits per heavy atom. The summed E-state index contributed by atoms with van der Waals surface area (Å²) in [6.07, 6.45) is 7.80. The Labute approximate surface area is 133 Å². The van der Waals surface area contributed by atoms with Crippen molar-refractivity contribution in [1.82, 2.24) is 10.2 Å². The van der Waals surface area contributed by atoms with Crippen molar-refractivity contribution in [2.45, 2.75) is 39.2 Å². The number of benzene rings is 1. The molecule has 22 heavy (non-hydrogen) atoms. The fraction of sp³-hybridized carbons (Fsp3) is 0.526. The van der Waals surface area contributed by atoms with Gasteiger partial charge in [-0.1, -0.05) is 30.4 Å². The first-order valence-corrected chi connectivity index (χ1v) is 8.42. The van der Waals surface area contributed by atoms with Crippen molar-refractivity contribution >= 4 is 12.0 Å². The lowest BCUT2D eigenvalue weighted by Gasteiger charge is -2.36. The van der Waals surface area contributed by atoms with Crippen LogP contribution >= 0.6 is 0 Å². The quantitative estimate of drug-likeness (QED) is 0.930. The van der Waals surface area contributed by atoms with Crippen LogP contribution in [0.2, 0.25) is 0 Å². The van der Waals surface area contributed by atoms with Gasteiger partial charge in [0.15, 0.2) is 0 Å². The number of nitrogens with one attached hydrogen (secondary N) is 1. The SMILES string of the molecule is Cc1cccc(C)c1/C=C/C1CCN(C(=O)[C@@H]2CCN2)CC1. The van der Waals surface area contributed by atoms with Gasteiger partial charge in [0.2, 0.25) is 5.91 Å². The van der Waals surface area contributed by atoms with Crippen LogP contribution in [0, 0.1) is 19.8 Å². The minimum atomic E-state index is 0.0988. The first-order chi connectivity index (χ1) is 10.6. The number of rotatable bonds is 3. The van der Waals surface area contributed by atoms with Gasteiger partial charge in [-0.05, 0) is 62.3 Å². The fourth-order valence-corrected chi connectivity index (χ4v) is 3.35. The zero-order chi connectivity index (χ0) is 15.5. The van der Waals surface area contributed by atoms with Gasteiger partial charge in [-0.25, -0.2) is 0 Å². The third-order valence-corrected chi connectivity index (χ3v) is 5.05. The van der Waals surface area contributed by atoms with Gasteiger partial charge in [-0.15, -0.1) is 0 Å². The molecule has 1 atom stereocenters. The van der Waals surface area contributed by atoms with Crippen LogP contribution < -0.4 is 5.32 Å². The summed E-state index contributed by atoms with van der Waals surface area (Å²) in [5.41, 5.74) is 4.01. The zero-order valence-electron chi connectivity index (χ0n) is 13.6. The number of carbonyl (C=O) groups excluding carboxylic acids is 1. The minimum Gasteiger partial charge on any atom is -0.341 e. The van der Waals surface area contributed by atoms with Crippen molar-refractivity contribution < 1.29 is 4.79 Å². The molecule has 2 saturated heterocycles. The number of amides is 1. The highest BCUT2D eigenvalue weighted by molar-refractivity contribution is 5.82. The fourth-order valence-electron chi connectivity index (χ4n) is 3.35. The van der Waals surface area contributed by atoms with E-state index in [9.17, 15) is 4.79 Å². The van der Waals surface area contributed by atoms with Crippen molar-refractivity contribution in [2.24, 2.45) is 5.92 Å². The van der Waals surface area contributed by atoms with E-state index in [4.69, 9.17) is 0 Å². The molecule has 1 aromatic rings. The van der Waals surface area contributed by atoms with E-state index in [1.165, 1.54) is 16.7 Å². The molecule has 0 aliphatic carbocycles. The van der Waals surface area contributed by atoms with Crippen LogP contribution in [0.5, 0.6) is 0 Å². The summed E-state index contributed by atoms with van der Waals surface area (Å²) in [4.78, 5) is 14.2. The monoisotopic (exact) mass is 298 g/mol. The molecule has 0 bridgehead atoms. The van der Waals surface area contributed by atoms with E-state index in [0.717, 1.165) is 38.9 Å². The maximum atomic E-state index is 12.2. The number of carbonyl (C=O) groups is 1. The Morgan fingerprint density at radius 2 is 1.82 bits per heavy atom. The molecule has 3 heteroatoms. The Morgan fingerprint density at radius 1 is 1.18 bits per heavy atom. The first kappa shape index (κ1) is 15.3. The van der Waals surface area contributed by atoms with Crippen LogP contribution in [0.1, 0.15) is 36.0 Å². The third-order valence-electron chi connectivity index (χ3n) is 5.05.